The van der Waals surface area contributed by atoms with Gasteiger partial charge in [-0.2, -0.15) is 4.31 Å². The molecule has 4 fully saturated rings. The largest absolute Gasteiger partial charge is 0.389 e. The number of ether oxygens (including phenoxy) is 1. The Hall–Kier alpha value is -0.700. The lowest BCUT2D eigenvalue weighted by Gasteiger charge is -2.47. The van der Waals surface area contributed by atoms with Crippen molar-refractivity contribution >= 4 is 15.9 Å². The number of morpholine rings is 1. The van der Waals surface area contributed by atoms with Gasteiger partial charge in [0.05, 0.1) is 36.0 Å². The quantitative estimate of drug-likeness (QED) is 0.769. The van der Waals surface area contributed by atoms with Crippen LogP contribution in [0, 0.1) is 0 Å². The van der Waals surface area contributed by atoms with E-state index in [-0.39, 0.29) is 29.7 Å². The number of rotatable bonds is 4. The number of carbonyl (C=O) groups is 1. The van der Waals surface area contributed by atoms with Crippen LogP contribution in [0.25, 0.3) is 0 Å². The minimum atomic E-state index is -3.27. The normalized spacial score (nSPS) is 33.6. The van der Waals surface area contributed by atoms with Crippen molar-refractivity contribution < 1.29 is 23.1 Å². The minimum Gasteiger partial charge on any atom is -0.389 e. The Balaban J connectivity index is 1.46. The summed E-state index contributed by atoms with van der Waals surface area (Å²) in [6, 6.07) is -0.280. The molecule has 2 saturated heterocycles. The maximum absolute atomic E-state index is 12.7. The Bertz CT molecular complexity index is 614. The number of likely N-dealkylation sites (tertiary alicyclic amines) is 1. The van der Waals surface area contributed by atoms with Gasteiger partial charge in [-0.3, -0.25) is 4.79 Å². The Morgan fingerprint density at radius 1 is 1.21 bits per heavy atom. The average molecular weight is 358 g/mol. The van der Waals surface area contributed by atoms with Gasteiger partial charge in [-0.05, 0) is 38.5 Å². The molecule has 24 heavy (non-hydrogen) atoms. The van der Waals surface area contributed by atoms with Crippen molar-refractivity contribution in [2.75, 3.05) is 26.2 Å². The van der Waals surface area contributed by atoms with Crippen molar-refractivity contribution in [2.24, 2.45) is 0 Å². The van der Waals surface area contributed by atoms with Crippen molar-refractivity contribution in [2.45, 2.75) is 67.9 Å². The van der Waals surface area contributed by atoms with Gasteiger partial charge in [-0.1, -0.05) is 0 Å². The lowest BCUT2D eigenvalue weighted by molar-refractivity contribution is -0.147. The Morgan fingerprint density at radius 3 is 2.58 bits per heavy atom. The predicted octanol–water partition coefficient (Wildman–Crippen LogP) is 0.0854. The number of amides is 1. The molecule has 8 heteroatoms. The molecule has 0 aromatic rings. The van der Waals surface area contributed by atoms with Crippen LogP contribution >= 0.6 is 0 Å². The second kappa shape index (κ2) is 5.93. The zero-order valence-corrected chi connectivity index (χ0v) is 14.7. The van der Waals surface area contributed by atoms with E-state index in [9.17, 15) is 18.3 Å². The molecule has 2 saturated carbocycles. The highest BCUT2D eigenvalue weighted by Gasteiger charge is 2.49. The van der Waals surface area contributed by atoms with E-state index >= 15 is 0 Å². The molecule has 2 aliphatic carbocycles. The first-order chi connectivity index (χ1) is 11.4. The van der Waals surface area contributed by atoms with Gasteiger partial charge < -0.3 is 14.7 Å². The molecule has 2 atom stereocenters. The summed E-state index contributed by atoms with van der Waals surface area (Å²) < 4.78 is 32.7. The van der Waals surface area contributed by atoms with Crippen molar-refractivity contribution in [1.29, 1.82) is 0 Å². The Morgan fingerprint density at radius 2 is 1.96 bits per heavy atom. The minimum absolute atomic E-state index is 0.0648. The summed E-state index contributed by atoms with van der Waals surface area (Å²) in [6.07, 6.45) is 4.51. The van der Waals surface area contributed by atoms with Crippen LogP contribution in [0.1, 0.15) is 44.9 Å². The standard InChI is InChI=1S/C16H26N2O5S/c19-15(10-16(20)5-1-6-16)17-7-4-14-13(11-17)18(8-9-23-14)24(21,22)12-2-3-12/h12-14,20H,1-11H2/t13-,14-/m0/s1. The molecular weight excluding hydrogens is 332 g/mol. The first-order valence-corrected chi connectivity index (χ1v) is 10.5. The Labute approximate surface area is 143 Å². The van der Waals surface area contributed by atoms with Crippen LogP contribution in [0.5, 0.6) is 0 Å². The summed E-state index contributed by atoms with van der Waals surface area (Å²) in [6.45, 7) is 1.77. The molecule has 0 radical (unpaired) electrons. The van der Waals surface area contributed by atoms with Crippen molar-refractivity contribution in [3.63, 3.8) is 0 Å². The summed E-state index contributed by atoms with van der Waals surface area (Å²) in [7, 11) is -3.27. The van der Waals surface area contributed by atoms with E-state index in [0.29, 0.717) is 45.5 Å². The summed E-state index contributed by atoms with van der Waals surface area (Å²) in [5.41, 5.74) is -0.837. The van der Waals surface area contributed by atoms with Crippen LogP contribution in [0.4, 0.5) is 0 Å². The highest BCUT2D eigenvalue weighted by Crippen LogP contribution is 2.37. The lowest BCUT2D eigenvalue weighted by atomic mass is 9.77. The van der Waals surface area contributed by atoms with Gasteiger partial charge in [-0.15, -0.1) is 0 Å². The molecule has 7 nitrogen and oxygen atoms in total. The predicted molar refractivity (Wildman–Crippen MR) is 86.8 cm³/mol. The van der Waals surface area contributed by atoms with E-state index < -0.39 is 15.6 Å². The second-order valence-electron chi connectivity index (χ2n) is 7.71. The van der Waals surface area contributed by atoms with Gasteiger partial charge in [0.25, 0.3) is 0 Å². The fraction of sp³-hybridized carbons (Fsp3) is 0.938. The number of sulfonamides is 1. The van der Waals surface area contributed by atoms with Crippen molar-refractivity contribution in [3.8, 4) is 0 Å². The van der Waals surface area contributed by atoms with Gasteiger partial charge in [-0.25, -0.2) is 8.42 Å². The molecule has 0 bridgehead atoms. The third kappa shape index (κ3) is 2.98. The fourth-order valence-electron chi connectivity index (χ4n) is 4.10. The zero-order chi connectivity index (χ0) is 16.9. The maximum atomic E-state index is 12.7. The first-order valence-electron chi connectivity index (χ1n) is 9.01. The number of hydrogen-bond donors (Lipinski definition) is 1. The summed E-state index contributed by atoms with van der Waals surface area (Å²) >= 11 is 0. The van der Waals surface area contributed by atoms with Gasteiger partial charge in [0.15, 0.2) is 0 Å². The molecule has 136 valence electrons. The van der Waals surface area contributed by atoms with Crippen LogP contribution in [-0.4, -0.2) is 77.9 Å². The van der Waals surface area contributed by atoms with Crippen LogP contribution in [0.2, 0.25) is 0 Å². The van der Waals surface area contributed by atoms with E-state index in [2.05, 4.69) is 0 Å². The monoisotopic (exact) mass is 358 g/mol. The highest BCUT2D eigenvalue weighted by molar-refractivity contribution is 7.90. The van der Waals surface area contributed by atoms with Crippen molar-refractivity contribution in [1.82, 2.24) is 9.21 Å². The molecule has 0 aromatic heterocycles. The molecule has 0 unspecified atom stereocenters. The van der Waals surface area contributed by atoms with Crippen molar-refractivity contribution in [3.05, 3.63) is 0 Å². The van der Waals surface area contributed by atoms with E-state index in [1.807, 2.05) is 0 Å². The van der Waals surface area contributed by atoms with E-state index in [4.69, 9.17) is 4.74 Å². The smallest absolute Gasteiger partial charge is 0.225 e. The number of aliphatic hydroxyl groups is 1. The third-order valence-corrected chi connectivity index (χ3v) is 8.34. The van der Waals surface area contributed by atoms with Crippen LogP contribution in [0.3, 0.4) is 0 Å². The van der Waals surface area contributed by atoms with E-state index in [0.717, 1.165) is 19.3 Å². The molecule has 2 aliphatic heterocycles. The van der Waals surface area contributed by atoms with Gasteiger partial charge in [0, 0.05) is 19.6 Å². The molecular formula is C16H26N2O5S. The number of carbonyl (C=O) groups excluding carboxylic acids is 1. The average Bonchev–Trinajstić information content (AvgIpc) is 3.37. The number of piperidine rings is 1. The summed E-state index contributed by atoms with van der Waals surface area (Å²) in [5.74, 6) is -0.0648. The van der Waals surface area contributed by atoms with Crippen LogP contribution < -0.4 is 0 Å². The molecule has 1 amide bonds. The third-order valence-electron chi connectivity index (χ3n) is 5.92. The molecule has 1 N–H and O–H groups in total. The fourth-order valence-corrected chi connectivity index (χ4v) is 6.12. The summed E-state index contributed by atoms with van der Waals surface area (Å²) in [4.78, 5) is 14.3. The maximum Gasteiger partial charge on any atom is 0.225 e. The van der Waals surface area contributed by atoms with Crippen LogP contribution in [-0.2, 0) is 19.6 Å². The molecule has 4 aliphatic rings. The van der Waals surface area contributed by atoms with Gasteiger partial charge in [0.1, 0.15) is 0 Å². The lowest BCUT2D eigenvalue weighted by Crippen LogP contribution is -2.62. The van der Waals surface area contributed by atoms with Gasteiger partial charge in [0.2, 0.25) is 15.9 Å². The highest BCUT2D eigenvalue weighted by atomic mass is 32.2. The first kappa shape index (κ1) is 16.8. The number of fused-ring (bicyclic) bond motifs is 1. The number of hydrogen-bond acceptors (Lipinski definition) is 5. The van der Waals surface area contributed by atoms with Crippen LogP contribution in [0.15, 0.2) is 0 Å². The SMILES string of the molecule is O=C(CC1(O)CCC1)N1CC[C@@H]2OCCN(S(=O)(=O)C3CC3)[C@H]2C1. The van der Waals surface area contributed by atoms with Gasteiger partial charge >= 0.3 is 0 Å². The van der Waals surface area contributed by atoms with E-state index in [1.165, 1.54) is 0 Å². The zero-order valence-electron chi connectivity index (χ0n) is 13.9. The molecule has 2 heterocycles. The molecule has 0 aromatic carbocycles. The number of nitrogens with zero attached hydrogens (tertiary/aromatic N) is 2. The topological polar surface area (TPSA) is 87.2 Å². The van der Waals surface area contributed by atoms with E-state index in [1.54, 1.807) is 9.21 Å². The second-order valence-corrected chi connectivity index (χ2v) is 9.88. The Kier molecular flexibility index (Phi) is 4.14. The molecule has 4 rings (SSSR count). The molecule has 0 spiro atoms. The summed E-state index contributed by atoms with van der Waals surface area (Å²) in [5, 5.41) is 9.99.